The average Bonchev–Trinajstić information content (AvgIpc) is 2.86. The van der Waals surface area contributed by atoms with E-state index in [4.69, 9.17) is 14.2 Å². The zero-order valence-corrected chi connectivity index (χ0v) is 19.1. The molecule has 0 atom stereocenters. The smallest absolute Gasteiger partial charge is 0.322 e. The average molecular weight is 480 g/mol. The Kier molecular flexibility index (Phi) is 6.74. The highest BCUT2D eigenvalue weighted by atomic mass is 32.2. The second-order valence-electron chi connectivity index (χ2n) is 6.80. The molecule has 0 saturated carbocycles. The van der Waals surface area contributed by atoms with Gasteiger partial charge in [0.15, 0.2) is 23.1 Å². The van der Waals surface area contributed by atoms with Gasteiger partial charge in [0.2, 0.25) is 5.75 Å². The van der Waals surface area contributed by atoms with Crippen LogP contribution in [0.25, 0.3) is 11.4 Å². The van der Waals surface area contributed by atoms with Crippen LogP contribution in [0.5, 0.6) is 23.1 Å². The second-order valence-corrected chi connectivity index (χ2v) is 8.21. The lowest BCUT2D eigenvalue weighted by Gasteiger charge is -2.17. The molecule has 0 unspecified atom stereocenters. The summed E-state index contributed by atoms with van der Waals surface area (Å²) in [6, 6.07) is 18.7. The summed E-state index contributed by atoms with van der Waals surface area (Å²) in [6.07, 6.45) is 3.15. The van der Waals surface area contributed by atoms with E-state index in [-0.39, 0.29) is 23.3 Å². The number of nitrogens with one attached hydrogen (secondary N) is 2. The second kappa shape index (κ2) is 10.0. The van der Waals surface area contributed by atoms with Crippen LogP contribution >= 0.6 is 0 Å². The Bertz CT molecular complexity index is 1370. The zero-order valence-electron chi connectivity index (χ0n) is 18.3. The van der Waals surface area contributed by atoms with Crippen molar-refractivity contribution >= 4 is 21.7 Å². The van der Waals surface area contributed by atoms with Gasteiger partial charge >= 0.3 is 10.2 Å². The molecular formula is C23H21N5O5S. The fraction of sp³-hybridized carbons (Fsp3) is 0.0870. The van der Waals surface area contributed by atoms with Gasteiger partial charge in [-0.05, 0) is 36.4 Å². The third-order valence-corrected chi connectivity index (χ3v) is 5.47. The van der Waals surface area contributed by atoms with Crippen LogP contribution in [-0.2, 0) is 10.2 Å². The van der Waals surface area contributed by atoms with Crippen molar-refractivity contribution in [1.82, 2.24) is 15.0 Å². The van der Waals surface area contributed by atoms with E-state index in [1.165, 1.54) is 14.2 Å². The lowest BCUT2D eigenvalue weighted by atomic mass is 10.2. The Morgan fingerprint density at radius 1 is 0.765 bits per heavy atom. The molecular weight excluding hydrogens is 458 g/mol. The minimum absolute atomic E-state index is 0.0186. The first-order chi connectivity index (χ1) is 16.5. The number of hydrogen-bond acceptors (Lipinski definition) is 8. The Morgan fingerprint density at radius 2 is 1.44 bits per heavy atom. The summed E-state index contributed by atoms with van der Waals surface area (Å²) in [5.41, 5.74) is 0.978. The molecule has 2 aromatic carbocycles. The van der Waals surface area contributed by atoms with Gasteiger partial charge in [-0.2, -0.15) is 13.4 Å². The van der Waals surface area contributed by atoms with E-state index in [0.717, 1.165) is 0 Å². The van der Waals surface area contributed by atoms with Crippen LogP contribution in [0.2, 0.25) is 0 Å². The number of hydrogen-bond donors (Lipinski definition) is 2. The maximum absolute atomic E-state index is 12.9. The van der Waals surface area contributed by atoms with Gasteiger partial charge in [0.1, 0.15) is 0 Å². The lowest BCUT2D eigenvalue weighted by Crippen LogP contribution is -2.23. The number of methoxy groups -OCH3 is 2. The van der Waals surface area contributed by atoms with Gasteiger partial charge in [-0.3, -0.25) is 9.71 Å². The molecule has 34 heavy (non-hydrogen) atoms. The molecule has 0 bridgehead atoms. The number of aromatic nitrogens is 3. The molecule has 0 aliphatic heterocycles. The highest BCUT2D eigenvalue weighted by Crippen LogP contribution is 2.41. The molecule has 0 amide bonds. The van der Waals surface area contributed by atoms with Crippen molar-refractivity contribution in [3.05, 3.63) is 79.1 Å². The van der Waals surface area contributed by atoms with E-state index in [9.17, 15) is 8.42 Å². The van der Waals surface area contributed by atoms with Crippen LogP contribution < -0.4 is 23.7 Å². The van der Waals surface area contributed by atoms with Gasteiger partial charge in [-0.25, -0.2) is 9.71 Å². The van der Waals surface area contributed by atoms with Gasteiger partial charge in [-0.1, -0.05) is 30.3 Å². The van der Waals surface area contributed by atoms with Gasteiger partial charge in [0.05, 0.1) is 19.9 Å². The van der Waals surface area contributed by atoms with Crippen molar-refractivity contribution in [3.63, 3.8) is 0 Å². The molecule has 174 valence electrons. The van der Waals surface area contributed by atoms with Crippen molar-refractivity contribution in [2.75, 3.05) is 23.7 Å². The molecule has 4 rings (SSSR count). The predicted octanol–water partition coefficient (Wildman–Crippen LogP) is 4.12. The topological polar surface area (TPSA) is 125 Å². The normalized spacial score (nSPS) is 10.9. The number of para-hydroxylation sites is 3. The number of rotatable bonds is 9. The Balaban J connectivity index is 1.80. The first-order valence-corrected chi connectivity index (χ1v) is 11.5. The monoisotopic (exact) mass is 479 g/mol. The van der Waals surface area contributed by atoms with E-state index in [0.29, 0.717) is 22.7 Å². The van der Waals surface area contributed by atoms with Crippen molar-refractivity contribution in [2.24, 2.45) is 0 Å². The molecule has 0 aliphatic carbocycles. The quantitative estimate of drug-likeness (QED) is 0.367. The largest absolute Gasteiger partial charge is 0.493 e. The molecule has 2 heterocycles. The number of nitrogens with zero attached hydrogens (tertiary/aromatic N) is 3. The van der Waals surface area contributed by atoms with Crippen molar-refractivity contribution in [1.29, 1.82) is 0 Å². The van der Waals surface area contributed by atoms with E-state index >= 15 is 0 Å². The van der Waals surface area contributed by atoms with Gasteiger partial charge in [0.25, 0.3) is 5.88 Å². The van der Waals surface area contributed by atoms with Crippen LogP contribution in [0, 0.1) is 0 Å². The van der Waals surface area contributed by atoms with Crippen molar-refractivity contribution < 1.29 is 22.6 Å². The van der Waals surface area contributed by atoms with Gasteiger partial charge in [0, 0.05) is 18.0 Å². The Morgan fingerprint density at radius 3 is 2.12 bits per heavy atom. The van der Waals surface area contributed by atoms with E-state index in [1.807, 2.05) is 0 Å². The molecule has 2 aromatic heterocycles. The zero-order chi connectivity index (χ0) is 24.0. The summed E-state index contributed by atoms with van der Waals surface area (Å²) in [6.45, 7) is 0. The maximum atomic E-state index is 12.9. The molecule has 4 aromatic rings. The Labute approximate surface area is 196 Å². The third-order valence-electron chi connectivity index (χ3n) is 4.50. The maximum Gasteiger partial charge on any atom is 0.322 e. The minimum atomic E-state index is -4.11. The fourth-order valence-electron chi connectivity index (χ4n) is 2.99. The third kappa shape index (κ3) is 5.33. The first-order valence-electron chi connectivity index (χ1n) is 10.0. The van der Waals surface area contributed by atoms with E-state index in [1.54, 1.807) is 79.1 Å². The summed E-state index contributed by atoms with van der Waals surface area (Å²) in [5, 5.41) is 0. The van der Waals surface area contributed by atoms with E-state index in [2.05, 4.69) is 24.4 Å². The molecule has 11 heteroatoms. The number of pyridine rings is 1. The van der Waals surface area contributed by atoms with Gasteiger partial charge in [-0.15, -0.1) is 0 Å². The molecule has 0 radical (unpaired) electrons. The van der Waals surface area contributed by atoms with Crippen molar-refractivity contribution in [2.45, 2.75) is 0 Å². The Hall–Kier alpha value is -4.38. The standard InChI is InChI=1S/C23H21N5O5S/c1-31-18-10-6-7-11-19(18)33-20-22(28-34(29,30)27-17-8-4-3-5-9-17)25-21(26-23(20)32-2)16-12-14-24-15-13-16/h3-15,27H,1-2H3,(H,25,26,28). The van der Waals surface area contributed by atoms with E-state index < -0.39 is 10.2 Å². The summed E-state index contributed by atoms with van der Waals surface area (Å²) in [4.78, 5) is 12.8. The molecule has 0 saturated heterocycles. The van der Waals surface area contributed by atoms with Crippen LogP contribution in [-0.4, -0.2) is 37.6 Å². The predicted molar refractivity (Wildman–Crippen MR) is 127 cm³/mol. The minimum Gasteiger partial charge on any atom is -0.493 e. The lowest BCUT2D eigenvalue weighted by molar-refractivity contribution is 0.348. The number of anilines is 2. The summed E-state index contributed by atoms with van der Waals surface area (Å²) in [5.74, 6) is 0.810. The summed E-state index contributed by atoms with van der Waals surface area (Å²) in [7, 11) is -1.22. The summed E-state index contributed by atoms with van der Waals surface area (Å²) < 4.78 is 47.5. The molecule has 2 N–H and O–H groups in total. The number of ether oxygens (including phenoxy) is 3. The molecule has 0 spiro atoms. The van der Waals surface area contributed by atoms with Crippen LogP contribution in [0.15, 0.2) is 79.1 Å². The number of benzene rings is 2. The molecule has 0 fully saturated rings. The fourth-order valence-corrected chi connectivity index (χ4v) is 3.88. The van der Waals surface area contributed by atoms with Crippen LogP contribution in [0.4, 0.5) is 11.5 Å². The molecule has 0 aliphatic rings. The molecule has 10 nitrogen and oxygen atoms in total. The first kappa shape index (κ1) is 22.8. The highest BCUT2D eigenvalue weighted by Gasteiger charge is 2.24. The highest BCUT2D eigenvalue weighted by molar-refractivity contribution is 7.94. The summed E-state index contributed by atoms with van der Waals surface area (Å²) >= 11 is 0. The van der Waals surface area contributed by atoms with Crippen LogP contribution in [0.1, 0.15) is 0 Å². The van der Waals surface area contributed by atoms with Gasteiger partial charge < -0.3 is 14.2 Å². The van der Waals surface area contributed by atoms with Crippen LogP contribution in [0.3, 0.4) is 0 Å². The van der Waals surface area contributed by atoms with Crippen molar-refractivity contribution in [3.8, 4) is 34.5 Å². The SMILES string of the molecule is COc1ccccc1Oc1c(NS(=O)(=O)Nc2ccccc2)nc(-c2ccncc2)nc1OC.